The van der Waals surface area contributed by atoms with Crippen molar-refractivity contribution in [3.63, 3.8) is 0 Å². The van der Waals surface area contributed by atoms with Crippen molar-refractivity contribution >= 4 is 68.5 Å². The molecule has 0 aliphatic carbocycles. The average molecular weight is 946 g/mol. The second kappa shape index (κ2) is 18.6. The van der Waals surface area contributed by atoms with E-state index in [1.54, 1.807) is 0 Å². The normalized spacial score (nSPS) is 11.2. The fourth-order valence-corrected chi connectivity index (χ4v) is 6.02. The van der Waals surface area contributed by atoms with Gasteiger partial charge in [0.05, 0.1) is 49.1 Å². The number of fused-ring (bicyclic) bond motifs is 2. The maximum atomic E-state index is 14.9. The van der Waals surface area contributed by atoms with Gasteiger partial charge in [0.1, 0.15) is 17.3 Å². The van der Waals surface area contributed by atoms with Crippen LogP contribution in [0.5, 0.6) is 23.0 Å². The Bertz CT molecular complexity index is 3180. The summed E-state index contributed by atoms with van der Waals surface area (Å²) >= 11 is 11.1. The standard InChI is InChI=1S/C22H10ClF6N3O2.C21H10ClF4N3O2/c23-13-3-1-10(7-12(13)22(27,28)29)21(33)32-17-9-14(24)18(25)20(19(17)26)34-11-2-4-15-16(8-11)31-6-5-30-15;22-12-3-1-10(7-13(12)23)21(30)29-17-9-14(24)18(25)20(19(17)26)31-11-2-4-15-16(8-11)28-6-5-27-15/h1-9H,(H,32,33);1-9H,(H,29,30). The van der Waals surface area contributed by atoms with E-state index in [1.807, 2.05) is 5.32 Å². The fraction of sp³-hybridized carbons (Fsp3) is 0.0233. The predicted octanol–water partition coefficient (Wildman–Crippen LogP) is 12.6. The van der Waals surface area contributed by atoms with Crippen molar-refractivity contribution in [2.75, 3.05) is 10.6 Å². The lowest BCUT2D eigenvalue weighted by Crippen LogP contribution is -2.16. The Balaban J connectivity index is 0.000000195. The second-order valence-electron chi connectivity index (χ2n) is 13.1. The van der Waals surface area contributed by atoms with E-state index in [9.17, 15) is 53.5 Å². The third kappa shape index (κ3) is 10.1. The monoisotopic (exact) mass is 944 g/mol. The van der Waals surface area contributed by atoms with Gasteiger partial charge in [0.2, 0.25) is 23.1 Å². The number of carbonyl (C=O) groups excluding carboxylic acids is 2. The topological polar surface area (TPSA) is 128 Å². The minimum absolute atomic E-state index is 0.0338. The maximum absolute atomic E-state index is 14.9. The van der Waals surface area contributed by atoms with Crippen LogP contribution < -0.4 is 20.1 Å². The zero-order chi connectivity index (χ0) is 46.7. The maximum Gasteiger partial charge on any atom is 0.417 e. The molecule has 0 saturated heterocycles. The minimum Gasteiger partial charge on any atom is -0.451 e. The van der Waals surface area contributed by atoms with Crippen LogP contribution in [0.1, 0.15) is 26.3 Å². The van der Waals surface area contributed by atoms with Crippen molar-refractivity contribution in [1.82, 2.24) is 19.9 Å². The lowest BCUT2D eigenvalue weighted by Gasteiger charge is -2.14. The van der Waals surface area contributed by atoms with Crippen molar-refractivity contribution in [3.8, 4) is 23.0 Å². The zero-order valence-electron chi connectivity index (χ0n) is 31.8. The van der Waals surface area contributed by atoms with E-state index in [4.69, 9.17) is 32.7 Å². The molecule has 0 aliphatic rings. The van der Waals surface area contributed by atoms with E-state index in [0.29, 0.717) is 40.3 Å². The fourth-order valence-electron chi connectivity index (χ4n) is 5.68. The molecule has 22 heteroatoms. The Hall–Kier alpha value is -7.58. The summed E-state index contributed by atoms with van der Waals surface area (Å²) in [7, 11) is 0. The molecular weight excluding hydrogens is 925 g/mol. The molecule has 0 fully saturated rings. The molecule has 0 aliphatic heterocycles. The Kier molecular flexibility index (Phi) is 13.0. The second-order valence-corrected chi connectivity index (χ2v) is 13.9. The number of hydrogen-bond acceptors (Lipinski definition) is 8. The van der Waals surface area contributed by atoms with Gasteiger partial charge >= 0.3 is 6.18 Å². The number of alkyl halides is 3. The highest BCUT2D eigenvalue weighted by Gasteiger charge is 2.34. The van der Waals surface area contributed by atoms with Crippen LogP contribution in [0.3, 0.4) is 0 Å². The molecule has 2 N–H and O–H groups in total. The quantitative estimate of drug-likeness (QED) is 0.114. The molecule has 0 bridgehead atoms. The van der Waals surface area contributed by atoms with Gasteiger partial charge in [0.15, 0.2) is 23.3 Å². The van der Waals surface area contributed by atoms with Gasteiger partial charge in [-0.05, 0) is 60.7 Å². The molecule has 65 heavy (non-hydrogen) atoms. The SMILES string of the molecule is O=C(Nc1cc(F)c(F)c(Oc2ccc3nccnc3c2)c1F)c1ccc(Cl)c(C(F)(F)F)c1.O=C(Nc1cc(F)c(F)c(Oc2ccc3nccnc3c2)c1F)c1ccc(Cl)c(F)c1. The number of halogens is 12. The Morgan fingerprint density at radius 3 is 1.32 bits per heavy atom. The highest BCUT2D eigenvalue weighted by atomic mass is 35.5. The van der Waals surface area contributed by atoms with Crippen LogP contribution in [0.4, 0.5) is 55.3 Å². The van der Waals surface area contributed by atoms with Crippen molar-refractivity contribution < 1.29 is 63.0 Å². The lowest BCUT2D eigenvalue weighted by molar-refractivity contribution is -0.137. The van der Waals surface area contributed by atoms with Gasteiger partial charge in [-0.3, -0.25) is 29.5 Å². The number of nitrogens with one attached hydrogen (secondary N) is 2. The van der Waals surface area contributed by atoms with Crippen LogP contribution in [-0.4, -0.2) is 31.8 Å². The van der Waals surface area contributed by atoms with Crippen molar-refractivity contribution in [1.29, 1.82) is 0 Å². The minimum atomic E-state index is -4.86. The average Bonchev–Trinajstić information content (AvgIpc) is 3.28. The molecule has 2 amide bonds. The molecule has 8 aromatic rings. The molecule has 10 nitrogen and oxygen atoms in total. The Morgan fingerprint density at radius 2 is 0.892 bits per heavy atom. The molecule has 6 aromatic carbocycles. The molecule has 330 valence electrons. The molecule has 0 saturated carbocycles. The van der Waals surface area contributed by atoms with Gasteiger partial charge in [-0.25, -0.2) is 22.0 Å². The van der Waals surface area contributed by atoms with Crippen molar-refractivity contribution in [3.05, 3.63) is 177 Å². The first-order valence-corrected chi connectivity index (χ1v) is 18.7. The molecule has 8 rings (SSSR count). The van der Waals surface area contributed by atoms with Gasteiger partial charge in [-0.2, -0.15) is 22.0 Å². The predicted molar refractivity (Wildman–Crippen MR) is 216 cm³/mol. The summed E-state index contributed by atoms with van der Waals surface area (Å²) in [5, 5.41) is 3.11. The molecular formula is C43H20Cl2F10N6O4. The summed E-state index contributed by atoms with van der Waals surface area (Å²) in [6, 6.07) is 14.5. The number of anilines is 2. The molecule has 0 spiro atoms. The molecule has 0 unspecified atom stereocenters. The summed E-state index contributed by atoms with van der Waals surface area (Å²) in [5.41, 5.74) is -1.92. The smallest absolute Gasteiger partial charge is 0.417 e. The summed E-state index contributed by atoms with van der Waals surface area (Å²) in [5.74, 6) is -14.6. The summed E-state index contributed by atoms with van der Waals surface area (Å²) in [6.45, 7) is 0. The van der Waals surface area contributed by atoms with E-state index in [-0.39, 0.29) is 22.1 Å². The van der Waals surface area contributed by atoms with Crippen LogP contribution >= 0.6 is 23.2 Å². The Labute approximate surface area is 367 Å². The third-order valence-electron chi connectivity index (χ3n) is 8.77. The third-order valence-corrected chi connectivity index (χ3v) is 9.40. The lowest BCUT2D eigenvalue weighted by atomic mass is 10.1. The number of aromatic nitrogens is 4. The Morgan fingerprint density at radius 1 is 0.477 bits per heavy atom. The summed E-state index contributed by atoms with van der Waals surface area (Å²) in [4.78, 5) is 40.8. The van der Waals surface area contributed by atoms with Crippen LogP contribution in [0.15, 0.2) is 110 Å². The van der Waals surface area contributed by atoms with Crippen LogP contribution in [0.2, 0.25) is 10.0 Å². The summed E-state index contributed by atoms with van der Waals surface area (Å²) in [6.07, 6.45) is 0.844. The van der Waals surface area contributed by atoms with E-state index in [0.717, 1.165) is 24.3 Å². The zero-order valence-corrected chi connectivity index (χ0v) is 33.4. The van der Waals surface area contributed by atoms with Crippen LogP contribution in [-0.2, 0) is 6.18 Å². The molecule has 0 atom stereocenters. The van der Waals surface area contributed by atoms with Crippen LogP contribution in [0.25, 0.3) is 22.1 Å². The van der Waals surface area contributed by atoms with Crippen molar-refractivity contribution in [2.45, 2.75) is 6.18 Å². The number of amides is 2. The highest BCUT2D eigenvalue weighted by Crippen LogP contribution is 2.38. The number of carbonyl (C=O) groups is 2. The molecule has 2 heterocycles. The number of benzene rings is 6. The number of hydrogen-bond donors (Lipinski definition) is 2. The first-order chi connectivity index (χ1) is 30.9. The van der Waals surface area contributed by atoms with Gasteiger partial charge < -0.3 is 20.1 Å². The molecule has 0 radical (unpaired) electrons. The van der Waals surface area contributed by atoms with Gasteiger partial charge in [0, 0.05) is 60.2 Å². The van der Waals surface area contributed by atoms with E-state index < -0.39 is 97.7 Å². The van der Waals surface area contributed by atoms with Gasteiger partial charge in [-0.15, -0.1) is 0 Å². The first kappa shape index (κ1) is 45.4. The number of ether oxygens (including phenoxy) is 2. The van der Waals surface area contributed by atoms with Gasteiger partial charge in [-0.1, -0.05) is 23.2 Å². The highest BCUT2D eigenvalue weighted by molar-refractivity contribution is 6.31. The van der Waals surface area contributed by atoms with Crippen molar-refractivity contribution in [2.24, 2.45) is 0 Å². The number of nitrogens with zero attached hydrogens (tertiary/aromatic N) is 4. The number of rotatable bonds is 8. The summed E-state index contributed by atoms with van der Waals surface area (Å²) < 4.78 is 150. The van der Waals surface area contributed by atoms with E-state index in [2.05, 4.69) is 25.3 Å². The van der Waals surface area contributed by atoms with Gasteiger partial charge in [0.25, 0.3) is 11.8 Å². The first-order valence-electron chi connectivity index (χ1n) is 17.9. The van der Waals surface area contributed by atoms with E-state index in [1.165, 1.54) is 67.3 Å². The van der Waals surface area contributed by atoms with Crippen LogP contribution in [0, 0.1) is 40.7 Å². The molecule has 2 aromatic heterocycles. The van der Waals surface area contributed by atoms with E-state index >= 15 is 0 Å². The largest absolute Gasteiger partial charge is 0.451 e.